The zero-order valence-electron chi connectivity index (χ0n) is 9.41. The number of benzene rings is 1. The molecule has 0 aliphatic heterocycles. The standard InChI is InChI=1S/C11H10BrF2NO3/c1-15(3-2-10(16)17)11(18)6-4-8(13)9(14)5-7(6)12/h4-5H,2-3H2,1H3,(H,16,17). The van der Waals surface area contributed by atoms with E-state index in [1.165, 1.54) is 7.05 Å². The van der Waals surface area contributed by atoms with E-state index in [4.69, 9.17) is 5.11 Å². The van der Waals surface area contributed by atoms with Gasteiger partial charge in [-0.05, 0) is 28.1 Å². The Hall–Kier alpha value is -1.50. The second-order valence-corrected chi connectivity index (χ2v) is 4.47. The first kappa shape index (κ1) is 14.6. The molecule has 0 saturated carbocycles. The summed E-state index contributed by atoms with van der Waals surface area (Å²) in [4.78, 5) is 23.4. The van der Waals surface area contributed by atoms with Crippen LogP contribution in [0.4, 0.5) is 8.78 Å². The Labute approximate surface area is 110 Å². The van der Waals surface area contributed by atoms with Crippen molar-refractivity contribution in [2.24, 2.45) is 0 Å². The largest absolute Gasteiger partial charge is 0.481 e. The van der Waals surface area contributed by atoms with Crippen molar-refractivity contribution < 1.29 is 23.5 Å². The average molecular weight is 322 g/mol. The summed E-state index contributed by atoms with van der Waals surface area (Å²) in [5, 5.41) is 8.49. The fourth-order valence-electron chi connectivity index (χ4n) is 1.26. The molecule has 1 amide bonds. The van der Waals surface area contributed by atoms with Gasteiger partial charge >= 0.3 is 5.97 Å². The van der Waals surface area contributed by atoms with Crippen LogP contribution >= 0.6 is 15.9 Å². The Balaban J connectivity index is 2.90. The van der Waals surface area contributed by atoms with Crippen molar-refractivity contribution in [3.8, 4) is 0 Å². The topological polar surface area (TPSA) is 57.6 Å². The molecular weight excluding hydrogens is 312 g/mol. The minimum Gasteiger partial charge on any atom is -0.481 e. The molecular formula is C11H10BrF2NO3. The monoisotopic (exact) mass is 321 g/mol. The van der Waals surface area contributed by atoms with Crippen LogP contribution in [0, 0.1) is 11.6 Å². The molecule has 0 aliphatic rings. The van der Waals surface area contributed by atoms with Crippen molar-refractivity contribution >= 4 is 27.8 Å². The predicted octanol–water partition coefficient (Wildman–Crippen LogP) is 2.27. The molecule has 0 aliphatic carbocycles. The Morgan fingerprint density at radius 3 is 2.44 bits per heavy atom. The number of carboxylic acid groups (broad SMARTS) is 1. The van der Waals surface area contributed by atoms with Crippen LogP contribution in [0.15, 0.2) is 16.6 Å². The number of hydrogen-bond acceptors (Lipinski definition) is 2. The van der Waals surface area contributed by atoms with Crippen LogP contribution in [0.3, 0.4) is 0 Å². The van der Waals surface area contributed by atoms with Crippen LogP contribution in [0.2, 0.25) is 0 Å². The van der Waals surface area contributed by atoms with Crippen LogP contribution in [0.25, 0.3) is 0 Å². The van der Waals surface area contributed by atoms with Gasteiger partial charge in [0.15, 0.2) is 11.6 Å². The summed E-state index contributed by atoms with van der Waals surface area (Å²) in [7, 11) is 1.39. The number of carbonyl (C=O) groups is 2. The first-order valence-corrected chi connectivity index (χ1v) is 5.74. The van der Waals surface area contributed by atoms with E-state index in [2.05, 4.69) is 15.9 Å². The third-order valence-electron chi connectivity index (χ3n) is 2.25. The van der Waals surface area contributed by atoms with Crippen molar-refractivity contribution in [2.45, 2.75) is 6.42 Å². The van der Waals surface area contributed by atoms with Gasteiger partial charge in [-0.1, -0.05) is 0 Å². The maximum atomic E-state index is 13.0. The second kappa shape index (κ2) is 5.90. The van der Waals surface area contributed by atoms with Crippen LogP contribution in [0.5, 0.6) is 0 Å². The zero-order chi connectivity index (χ0) is 13.9. The normalized spacial score (nSPS) is 10.2. The first-order valence-electron chi connectivity index (χ1n) is 4.94. The molecule has 0 spiro atoms. The Bertz CT molecular complexity index is 493. The number of carboxylic acids is 1. The van der Waals surface area contributed by atoms with Gasteiger partial charge in [0.05, 0.1) is 12.0 Å². The number of nitrogens with zero attached hydrogens (tertiary/aromatic N) is 1. The van der Waals surface area contributed by atoms with Crippen molar-refractivity contribution in [1.82, 2.24) is 4.90 Å². The fourth-order valence-corrected chi connectivity index (χ4v) is 1.74. The van der Waals surface area contributed by atoms with Crippen molar-refractivity contribution in [1.29, 1.82) is 0 Å². The van der Waals surface area contributed by atoms with Gasteiger partial charge in [0, 0.05) is 18.1 Å². The highest BCUT2D eigenvalue weighted by atomic mass is 79.9. The predicted molar refractivity (Wildman–Crippen MR) is 63.3 cm³/mol. The molecule has 18 heavy (non-hydrogen) atoms. The highest BCUT2D eigenvalue weighted by molar-refractivity contribution is 9.10. The summed E-state index contributed by atoms with van der Waals surface area (Å²) in [5.74, 6) is -3.82. The molecule has 0 saturated heterocycles. The van der Waals surface area contributed by atoms with E-state index >= 15 is 0 Å². The molecule has 1 N–H and O–H groups in total. The molecule has 0 aromatic heterocycles. The van der Waals surface area contributed by atoms with E-state index in [1.807, 2.05) is 0 Å². The second-order valence-electron chi connectivity index (χ2n) is 3.62. The van der Waals surface area contributed by atoms with Crippen molar-refractivity contribution in [2.75, 3.05) is 13.6 Å². The lowest BCUT2D eigenvalue weighted by Crippen LogP contribution is -2.29. The SMILES string of the molecule is CN(CCC(=O)O)C(=O)c1cc(F)c(F)cc1Br. The molecule has 0 heterocycles. The summed E-state index contributed by atoms with van der Waals surface area (Å²) in [6.45, 7) is -0.0143. The first-order chi connectivity index (χ1) is 8.32. The van der Waals surface area contributed by atoms with Crippen molar-refractivity contribution in [3.63, 3.8) is 0 Å². The molecule has 1 rings (SSSR count). The van der Waals surface area contributed by atoms with Crippen LogP contribution in [-0.4, -0.2) is 35.5 Å². The molecule has 1 aromatic rings. The third kappa shape index (κ3) is 3.49. The summed E-state index contributed by atoms with van der Waals surface area (Å²) in [6.07, 6.45) is -0.219. The number of hydrogen-bond donors (Lipinski definition) is 1. The van der Waals surface area contributed by atoms with E-state index < -0.39 is 23.5 Å². The van der Waals surface area contributed by atoms with Gasteiger partial charge in [0.1, 0.15) is 0 Å². The smallest absolute Gasteiger partial charge is 0.305 e. The number of carbonyl (C=O) groups excluding carboxylic acids is 1. The summed E-state index contributed by atoms with van der Waals surface area (Å²) >= 11 is 2.96. The highest BCUT2D eigenvalue weighted by Crippen LogP contribution is 2.21. The lowest BCUT2D eigenvalue weighted by molar-refractivity contribution is -0.137. The highest BCUT2D eigenvalue weighted by Gasteiger charge is 2.18. The third-order valence-corrected chi connectivity index (χ3v) is 2.90. The molecule has 4 nitrogen and oxygen atoms in total. The lowest BCUT2D eigenvalue weighted by Gasteiger charge is -2.17. The van der Waals surface area contributed by atoms with E-state index in [1.54, 1.807) is 0 Å². The van der Waals surface area contributed by atoms with Gasteiger partial charge in [-0.15, -0.1) is 0 Å². The molecule has 98 valence electrons. The summed E-state index contributed by atoms with van der Waals surface area (Å²) in [5.41, 5.74) is -0.0539. The van der Waals surface area contributed by atoms with E-state index in [-0.39, 0.29) is 23.0 Å². The average Bonchev–Trinajstić information content (AvgIpc) is 2.29. The summed E-state index contributed by atoms with van der Waals surface area (Å²) in [6, 6.07) is 1.63. The van der Waals surface area contributed by atoms with Crippen LogP contribution in [-0.2, 0) is 4.79 Å². The van der Waals surface area contributed by atoms with Gasteiger partial charge in [-0.25, -0.2) is 8.78 Å². The van der Waals surface area contributed by atoms with Gasteiger partial charge in [-0.2, -0.15) is 0 Å². The van der Waals surface area contributed by atoms with Crippen molar-refractivity contribution in [3.05, 3.63) is 33.8 Å². The minimum absolute atomic E-state index is 0.0143. The molecule has 0 atom stereocenters. The van der Waals surface area contributed by atoms with Gasteiger partial charge in [0.2, 0.25) is 0 Å². The molecule has 0 fully saturated rings. The maximum absolute atomic E-state index is 13.0. The number of rotatable bonds is 4. The number of halogens is 3. The van der Waals surface area contributed by atoms with Gasteiger partial charge in [0.25, 0.3) is 5.91 Å². The number of amides is 1. The van der Waals surface area contributed by atoms with E-state index in [0.29, 0.717) is 0 Å². The Morgan fingerprint density at radius 1 is 1.33 bits per heavy atom. The molecule has 0 bridgehead atoms. The van der Waals surface area contributed by atoms with E-state index in [9.17, 15) is 18.4 Å². The quantitative estimate of drug-likeness (QED) is 0.865. The molecule has 0 radical (unpaired) electrons. The van der Waals surface area contributed by atoms with Crippen LogP contribution in [0.1, 0.15) is 16.8 Å². The summed E-state index contributed by atoms with van der Waals surface area (Å²) < 4.78 is 26.0. The molecule has 0 unspecified atom stereocenters. The van der Waals surface area contributed by atoms with E-state index in [0.717, 1.165) is 17.0 Å². The number of aliphatic carboxylic acids is 1. The zero-order valence-corrected chi connectivity index (χ0v) is 11.0. The Morgan fingerprint density at radius 2 is 1.89 bits per heavy atom. The van der Waals surface area contributed by atoms with Crippen LogP contribution < -0.4 is 0 Å². The Kier molecular flexibility index (Phi) is 4.77. The minimum atomic E-state index is -1.13. The lowest BCUT2D eigenvalue weighted by atomic mass is 10.2. The maximum Gasteiger partial charge on any atom is 0.305 e. The molecule has 1 aromatic carbocycles. The van der Waals surface area contributed by atoms with Gasteiger partial charge < -0.3 is 10.0 Å². The fraction of sp³-hybridized carbons (Fsp3) is 0.273. The van der Waals surface area contributed by atoms with Gasteiger partial charge in [-0.3, -0.25) is 9.59 Å². The molecule has 7 heteroatoms.